The van der Waals surface area contributed by atoms with Crippen LogP contribution < -0.4 is 10.1 Å². The number of piperidine rings is 1. The van der Waals surface area contributed by atoms with E-state index >= 15 is 0 Å². The lowest BCUT2D eigenvalue weighted by molar-refractivity contribution is -0.126. The van der Waals surface area contributed by atoms with Crippen molar-refractivity contribution in [3.05, 3.63) is 54.6 Å². The lowest BCUT2D eigenvalue weighted by atomic mass is 9.95. The zero-order valence-electron chi connectivity index (χ0n) is 15.4. The predicted molar refractivity (Wildman–Crippen MR) is 100 cm³/mol. The van der Waals surface area contributed by atoms with Crippen molar-refractivity contribution in [1.29, 1.82) is 0 Å². The summed E-state index contributed by atoms with van der Waals surface area (Å²) < 4.78 is 5.71. The summed E-state index contributed by atoms with van der Waals surface area (Å²) in [6, 6.07) is 7.07. The molecule has 1 atom stereocenters. The van der Waals surface area contributed by atoms with Gasteiger partial charge in [-0.25, -0.2) is 0 Å². The Morgan fingerprint density at radius 1 is 1.19 bits per heavy atom. The summed E-state index contributed by atoms with van der Waals surface area (Å²) in [5.74, 6) is 0.627. The van der Waals surface area contributed by atoms with Gasteiger partial charge in [-0.2, -0.15) is 0 Å². The van der Waals surface area contributed by atoms with E-state index in [9.17, 15) is 9.59 Å². The van der Waals surface area contributed by atoms with Crippen molar-refractivity contribution in [3.63, 3.8) is 0 Å². The van der Waals surface area contributed by atoms with Crippen LogP contribution in [0.3, 0.4) is 0 Å². The van der Waals surface area contributed by atoms with E-state index in [1.165, 1.54) is 0 Å². The van der Waals surface area contributed by atoms with Crippen LogP contribution in [-0.2, 0) is 4.79 Å². The Kier molecular flexibility index (Phi) is 6.35. The van der Waals surface area contributed by atoms with Crippen LogP contribution in [-0.4, -0.2) is 52.4 Å². The van der Waals surface area contributed by atoms with Crippen LogP contribution in [0.2, 0.25) is 0 Å². The molecule has 1 saturated heterocycles. The maximum Gasteiger partial charge on any atom is 0.253 e. The topological polar surface area (TPSA) is 84.4 Å². The molecule has 1 aliphatic rings. The standard InChI is InChI=1S/C20H24N4O3/c1-15(27-18-3-2-8-22-14-18)13-23-19(25)16-6-11-24(12-7-16)20(26)17-4-9-21-10-5-17/h2-5,8-10,14-16H,6-7,11-13H2,1H3,(H,23,25)/t15-/m1/s1. The van der Waals surface area contributed by atoms with Crippen molar-refractivity contribution >= 4 is 11.8 Å². The van der Waals surface area contributed by atoms with Crippen molar-refractivity contribution in [3.8, 4) is 5.75 Å². The second kappa shape index (κ2) is 9.12. The average Bonchev–Trinajstić information content (AvgIpc) is 2.73. The fourth-order valence-corrected chi connectivity index (χ4v) is 3.10. The van der Waals surface area contributed by atoms with Gasteiger partial charge in [0.05, 0.1) is 12.7 Å². The third kappa shape index (κ3) is 5.26. The molecule has 2 aromatic heterocycles. The molecule has 0 aliphatic carbocycles. The van der Waals surface area contributed by atoms with Crippen molar-refractivity contribution in [2.24, 2.45) is 5.92 Å². The summed E-state index contributed by atoms with van der Waals surface area (Å²) in [4.78, 5) is 34.6. The van der Waals surface area contributed by atoms with Gasteiger partial charge in [0.2, 0.25) is 5.91 Å². The average molecular weight is 368 g/mol. The Morgan fingerprint density at radius 2 is 1.93 bits per heavy atom. The molecule has 3 heterocycles. The molecular formula is C20H24N4O3. The number of ether oxygens (including phenoxy) is 1. The molecule has 0 bridgehead atoms. The van der Waals surface area contributed by atoms with Crippen LogP contribution in [0.25, 0.3) is 0 Å². The van der Waals surface area contributed by atoms with E-state index in [4.69, 9.17) is 4.74 Å². The minimum absolute atomic E-state index is 0.00486. The molecule has 2 amide bonds. The minimum atomic E-state index is -0.147. The highest BCUT2D eigenvalue weighted by Gasteiger charge is 2.27. The molecule has 0 saturated carbocycles. The van der Waals surface area contributed by atoms with Crippen LogP contribution in [0, 0.1) is 5.92 Å². The second-order valence-corrected chi connectivity index (χ2v) is 6.66. The van der Waals surface area contributed by atoms with E-state index < -0.39 is 0 Å². The predicted octanol–water partition coefficient (Wildman–Crippen LogP) is 1.91. The first kappa shape index (κ1) is 18.8. The third-order valence-electron chi connectivity index (χ3n) is 4.62. The number of carbonyl (C=O) groups excluding carboxylic acids is 2. The number of hydrogen-bond donors (Lipinski definition) is 1. The zero-order valence-corrected chi connectivity index (χ0v) is 15.4. The minimum Gasteiger partial charge on any atom is -0.487 e. The van der Waals surface area contributed by atoms with E-state index in [0.29, 0.717) is 43.8 Å². The molecule has 0 unspecified atom stereocenters. The molecular weight excluding hydrogens is 344 g/mol. The van der Waals surface area contributed by atoms with Crippen LogP contribution in [0.15, 0.2) is 49.1 Å². The monoisotopic (exact) mass is 368 g/mol. The summed E-state index contributed by atoms with van der Waals surface area (Å²) >= 11 is 0. The van der Waals surface area contributed by atoms with Crippen LogP contribution in [0.4, 0.5) is 0 Å². The third-order valence-corrected chi connectivity index (χ3v) is 4.62. The maximum atomic E-state index is 12.4. The number of aromatic nitrogens is 2. The summed E-state index contributed by atoms with van der Waals surface area (Å²) in [5, 5.41) is 2.95. The highest BCUT2D eigenvalue weighted by Crippen LogP contribution is 2.19. The van der Waals surface area contributed by atoms with Gasteiger partial charge >= 0.3 is 0 Å². The van der Waals surface area contributed by atoms with Gasteiger partial charge in [-0.15, -0.1) is 0 Å². The quantitative estimate of drug-likeness (QED) is 0.842. The van der Waals surface area contributed by atoms with E-state index in [2.05, 4.69) is 15.3 Å². The Bertz CT molecular complexity index is 746. The molecule has 27 heavy (non-hydrogen) atoms. The van der Waals surface area contributed by atoms with Crippen molar-refractivity contribution in [2.75, 3.05) is 19.6 Å². The second-order valence-electron chi connectivity index (χ2n) is 6.66. The van der Waals surface area contributed by atoms with E-state index in [0.717, 1.165) is 0 Å². The molecule has 0 aromatic carbocycles. The number of carbonyl (C=O) groups is 2. The molecule has 0 radical (unpaired) electrons. The Labute approximate surface area is 158 Å². The van der Waals surface area contributed by atoms with Gasteiger partial charge in [0.25, 0.3) is 5.91 Å². The molecule has 3 rings (SSSR count). The summed E-state index contributed by atoms with van der Waals surface area (Å²) in [5.41, 5.74) is 0.634. The van der Waals surface area contributed by atoms with Crippen molar-refractivity contribution in [2.45, 2.75) is 25.9 Å². The van der Waals surface area contributed by atoms with E-state index in [1.807, 2.05) is 19.1 Å². The summed E-state index contributed by atoms with van der Waals surface area (Å²) in [6.07, 6.45) is 7.75. The van der Waals surface area contributed by atoms with Gasteiger partial charge < -0.3 is 15.0 Å². The molecule has 2 aromatic rings. The first-order valence-electron chi connectivity index (χ1n) is 9.17. The fourth-order valence-electron chi connectivity index (χ4n) is 3.10. The molecule has 1 N–H and O–H groups in total. The van der Waals surface area contributed by atoms with Crippen molar-refractivity contribution in [1.82, 2.24) is 20.2 Å². The normalized spacial score (nSPS) is 15.8. The highest BCUT2D eigenvalue weighted by atomic mass is 16.5. The first-order valence-corrected chi connectivity index (χ1v) is 9.17. The number of likely N-dealkylation sites (tertiary alicyclic amines) is 1. The number of hydrogen-bond acceptors (Lipinski definition) is 5. The Hall–Kier alpha value is -2.96. The summed E-state index contributed by atoms with van der Waals surface area (Å²) in [7, 11) is 0. The smallest absolute Gasteiger partial charge is 0.253 e. The van der Waals surface area contributed by atoms with Gasteiger partial charge in [0.1, 0.15) is 11.9 Å². The fraction of sp³-hybridized carbons (Fsp3) is 0.400. The number of nitrogens with one attached hydrogen (secondary N) is 1. The van der Waals surface area contributed by atoms with Crippen molar-refractivity contribution < 1.29 is 14.3 Å². The molecule has 7 nitrogen and oxygen atoms in total. The lowest BCUT2D eigenvalue weighted by Crippen LogP contribution is -2.44. The molecule has 142 valence electrons. The Morgan fingerprint density at radius 3 is 2.59 bits per heavy atom. The molecule has 7 heteroatoms. The molecule has 1 fully saturated rings. The van der Waals surface area contributed by atoms with Gasteiger partial charge in [0, 0.05) is 43.2 Å². The number of nitrogens with zero attached hydrogens (tertiary/aromatic N) is 3. The zero-order chi connectivity index (χ0) is 19.1. The van der Waals surface area contributed by atoms with Gasteiger partial charge in [-0.3, -0.25) is 19.6 Å². The first-order chi connectivity index (χ1) is 13.1. The lowest BCUT2D eigenvalue weighted by Gasteiger charge is -2.31. The number of rotatable bonds is 6. The SMILES string of the molecule is C[C@H](CNC(=O)C1CCN(C(=O)c2ccncc2)CC1)Oc1cccnc1. The number of amides is 2. The van der Waals surface area contributed by atoms with Crippen LogP contribution in [0.5, 0.6) is 5.75 Å². The maximum absolute atomic E-state index is 12.4. The largest absolute Gasteiger partial charge is 0.487 e. The summed E-state index contributed by atoms with van der Waals surface area (Å²) in [6.45, 7) is 3.51. The van der Waals surface area contributed by atoms with Crippen LogP contribution in [0.1, 0.15) is 30.1 Å². The molecule has 1 aliphatic heterocycles. The Balaban J connectivity index is 1.41. The van der Waals surface area contributed by atoms with Crippen LogP contribution >= 0.6 is 0 Å². The van der Waals surface area contributed by atoms with E-state index in [1.54, 1.807) is 41.8 Å². The van der Waals surface area contributed by atoms with Gasteiger partial charge in [-0.1, -0.05) is 0 Å². The highest BCUT2D eigenvalue weighted by molar-refractivity contribution is 5.94. The van der Waals surface area contributed by atoms with Gasteiger partial charge in [0.15, 0.2) is 0 Å². The van der Waals surface area contributed by atoms with Gasteiger partial charge in [-0.05, 0) is 44.0 Å². The number of pyridine rings is 2. The molecule has 0 spiro atoms. The van der Waals surface area contributed by atoms with E-state index in [-0.39, 0.29) is 23.8 Å².